The van der Waals surface area contributed by atoms with Crippen LogP contribution < -0.4 is 9.62 Å². The number of sulfonamides is 1. The molecule has 1 N–H and O–H groups in total. The normalized spacial score (nSPS) is 11.6. The molecule has 0 aliphatic rings. The number of hydrogen-bond acceptors (Lipinski definition) is 7. The van der Waals surface area contributed by atoms with Crippen LogP contribution in [0.3, 0.4) is 0 Å². The molecule has 1 aromatic carbocycles. The second kappa shape index (κ2) is 12.2. The molecule has 0 amide bonds. The molecular formula is C26H30F2N6O3S. The van der Waals surface area contributed by atoms with E-state index in [4.69, 9.17) is 4.42 Å². The number of pyridine rings is 1. The van der Waals surface area contributed by atoms with E-state index in [1.807, 2.05) is 6.07 Å². The van der Waals surface area contributed by atoms with Crippen LogP contribution in [0, 0.1) is 11.6 Å². The third kappa shape index (κ3) is 6.18. The van der Waals surface area contributed by atoms with Gasteiger partial charge >= 0.3 is 0 Å². The molecule has 0 saturated carbocycles. The standard InChI is InChI=1S/C26H30F2N6O3S/c1-3-5-6-7-12-33(11-4-2)20-14-19(15-29-16-20)24-17-34(32-30-24)26-22(27)8-9-23(25(26)28)31-38(35,36)21-10-13-37-18-21/h8-10,13-18,31H,3-7,11-12H2,1-2H3. The van der Waals surface area contributed by atoms with Gasteiger partial charge in [0.25, 0.3) is 10.0 Å². The minimum absolute atomic E-state index is 0.194. The summed E-state index contributed by atoms with van der Waals surface area (Å²) >= 11 is 0. The number of hydrogen-bond donors (Lipinski definition) is 1. The zero-order valence-electron chi connectivity index (χ0n) is 21.3. The first-order valence-corrected chi connectivity index (χ1v) is 14.0. The van der Waals surface area contributed by atoms with Crippen LogP contribution >= 0.6 is 0 Å². The molecule has 3 heterocycles. The van der Waals surface area contributed by atoms with E-state index in [2.05, 4.69) is 38.8 Å². The highest BCUT2D eigenvalue weighted by molar-refractivity contribution is 7.92. The summed E-state index contributed by atoms with van der Waals surface area (Å²) in [5, 5.41) is 8.00. The molecule has 0 atom stereocenters. The molecule has 38 heavy (non-hydrogen) atoms. The van der Waals surface area contributed by atoms with Crippen molar-refractivity contribution in [1.82, 2.24) is 20.0 Å². The van der Waals surface area contributed by atoms with E-state index in [0.717, 1.165) is 61.1 Å². The van der Waals surface area contributed by atoms with Crippen LogP contribution in [0.5, 0.6) is 0 Å². The second-order valence-corrected chi connectivity index (χ2v) is 10.5. The maximum Gasteiger partial charge on any atom is 0.265 e. The SMILES string of the molecule is CCCCCCN(CCC)c1cncc(-c2cn(-c3c(F)ccc(NS(=O)(=O)c4ccoc4)c3F)nn2)c1. The Morgan fingerprint density at radius 3 is 2.63 bits per heavy atom. The van der Waals surface area contributed by atoms with Gasteiger partial charge in [-0.25, -0.2) is 21.9 Å². The molecular weight excluding hydrogens is 514 g/mol. The summed E-state index contributed by atoms with van der Waals surface area (Å²) in [4.78, 5) is 6.43. The zero-order valence-corrected chi connectivity index (χ0v) is 22.1. The maximum atomic E-state index is 15.3. The van der Waals surface area contributed by atoms with Crippen molar-refractivity contribution in [3.63, 3.8) is 0 Å². The third-order valence-corrected chi connectivity index (χ3v) is 7.34. The number of aromatic nitrogens is 4. The van der Waals surface area contributed by atoms with Crippen molar-refractivity contribution in [1.29, 1.82) is 0 Å². The molecule has 3 aromatic heterocycles. The van der Waals surface area contributed by atoms with Crippen molar-refractivity contribution in [2.45, 2.75) is 50.8 Å². The fourth-order valence-corrected chi connectivity index (χ4v) is 5.04. The van der Waals surface area contributed by atoms with Crippen molar-refractivity contribution in [3.05, 3.63) is 67.0 Å². The third-order valence-electron chi connectivity index (χ3n) is 6.00. The topological polar surface area (TPSA) is 106 Å². The van der Waals surface area contributed by atoms with Gasteiger partial charge in [0.1, 0.15) is 22.5 Å². The number of benzene rings is 1. The Morgan fingerprint density at radius 2 is 1.89 bits per heavy atom. The molecule has 0 saturated heterocycles. The highest BCUT2D eigenvalue weighted by Gasteiger charge is 2.23. The Balaban J connectivity index is 1.60. The number of rotatable bonds is 13. The quantitative estimate of drug-likeness (QED) is 0.212. The fourth-order valence-electron chi connectivity index (χ4n) is 4.05. The Labute approximate surface area is 220 Å². The molecule has 9 nitrogen and oxygen atoms in total. The molecule has 0 radical (unpaired) electrons. The van der Waals surface area contributed by atoms with Crippen LogP contribution in [-0.2, 0) is 10.0 Å². The smallest absolute Gasteiger partial charge is 0.265 e. The van der Waals surface area contributed by atoms with Crippen LogP contribution in [0.2, 0.25) is 0 Å². The molecule has 0 spiro atoms. The van der Waals surface area contributed by atoms with Crippen molar-refractivity contribution in [3.8, 4) is 16.9 Å². The lowest BCUT2D eigenvalue weighted by Gasteiger charge is -2.24. The summed E-state index contributed by atoms with van der Waals surface area (Å²) < 4.78 is 62.9. The van der Waals surface area contributed by atoms with E-state index in [1.54, 1.807) is 12.4 Å². The van der Waals surface area contributed by atoms with Crippen molar-refractivity contribution in [2.24, 2.45) is 0 Å². The van der Waals surface area contributed by atoms with Gasteiger partial charge in [-0.15, -0.1) is 5.10 Å². The van der Waals surface area contributed by atoms with Gasteiger partial charge in [0.05, 0.1) is 30.0 Å². The lowest BCUT2D eigenvalue weighted by molar-refractivity contribution is 0.554. The van der Waals surface area contributed by atoms with Gasteiger partial charge in [0.2, 0.25) is 0 Å². The summed E-state index contributed by atoms with van der Waals surface area (Å²) in [6.45, 7) is 6.08. The first kappa shape index (κ1) is 27.2. The molecule has 202 valence electrons. The van der Waals surface area contributed by atoms with Gasteiger partial charge in [-0.3, -0.25) is 9.71 Å². The van der Waals surface area contributed by atoms with E-state index in [1.165, 1.54) is 31.4 Å². The van der Waals surface area contributed by atoms with Crippen LogP contribution in [0.4, 0.5) is 20.2 Å². The maximum absolute atomic E-state index is 15.3. The summed E-state index contributed by atoms with van der Waals surface area (Å²) in [6, 6.07) is 5.10. The molecule has 0 aliphatic carbocycles. The molecule has 0 unspecified atom stereocenters. The molecule has 4 aromatic rings. The number of furan rings is 1. The van der Waals surface area contributed by atoms with Crippen LogP contribution in [0.25, 0.3) is 16.9 Å². The van der Waals surface area contributed by atoms with Crippen molar-refractivity contribution >= 4 is 21.4 Å². The van der Waals surface area contributed by atoms with Gasteiger partial charge in [0.15, 0.2) is 11.6 Å². The first-order chi connectivity index (χ1) is 18.3. The summed E-state index contributed by atoms with van der Waals surface area (Å²) in [6.07, 6.45) is 12.5. The predicted molar refractivity (Wildman–Crippen MR) is 141 cm³/mol. The molecule has 0 fully saturated rings. The van der Waals surface area contributed by atoms with Gasteiger partial charge in [-0.05, 0) is 37.1 Å². The van der Waals surface area contributed by atoms with Crippen molar-refractivity contribution in [2.75, 3.05) is 22.7 Å². The highest BCUT2D eigenvalue weighted by Crippen LogP contribution is 2.28. The summed E-state index contributed by atoms with van der Waals surface area (Å²) in [7, 11) is -4.13. The van der Waals surface area contributed by atoms with Gasteiger partial charge in [-0.2, -0.15) is 0 Å². The Kier molecular flexibility index (Phi) is 8.72. The molecule has 0 aliphatic heterocycles. The largest absolute Gasteiger partial charge is 0.471 e. The summed E-state index contributed by atoms with van der Waals surface area (Å²) in [5.74, 6) is -2.07. The van der Waals surface area contributed by atoms with E-state index < -0.39 is 33.0 Å². The Bertz CT molecular complexity index is 1460. The van der Waals surface area contributed by atoms with E-state index in [9.17, 15) is 12.8 Å². The lowest BCUT2D eigenvalue weighted by Crippen LogP contribution is -2.25. The number of halogens is 2. The molecule has 4 rings (SSSR count). The van der Waals surface area contributed by atoms with Crippen LogP contribution in [-0.4, -0.2) is 41.5 Å². The van der Waals surface area contributed by atoms with Gasteiger partial charge in [-0.1, -0.05) is 38.3 Å². The van der Waals surface area contributed by atoms with E-state index >= 15 is 4.39 Å². The highest BCUT2D eigenvalue weighted by atomic mass is 32.2. The average Bonchev–Trinajstić information content (AvgIpc) is 3.61. The van der Waals surface area contributed by atoms with Gasteiger partial charge in [0, 0.05) is 24.8 Å². The zero-order chi connectivity index (χ0) is 27.1. The second-order valence-electron chi connectivity index (χ2n) is 8.85. The first-order valence-electron chi connectivity index (χ1n) is 12.5. The lowest BCUT2D eigenvalue weighted by atomic mass is 10.1. The minimum atomic E-state index is -4.13. The minimum Gasteiger partial charge on any atom is -0.471 e. The fraction of sp³-hybridized carbons (Fsp3) is 0.346. The van der Waals surface area contributed by atoms with Crippen molar-refractivity contribution < 1.29 is 21.6 Å². The monoisotopic (exact) mass is 544 g/mol. The average molecular weight is 545 g/mol. The molecule has 0 bridgehead atoms. The predicted octanol–water partition coefficient (Wildman–Crippen LogP) is 5.80. The molecule has 12 heteroatoms. The number of nitrogens with zero attached hydrogens (tertiary/aromatic N) is 5. The van der Waals surface area contributed by atoms with Crippen LogP contribution in [0.1, 0.15) is 46.0 Å². The number of anilines is 2. The van der Waals surface area contributed by atoms with E-state index in [0.29, 0.717) is 11.3 Å². The summed E-state index contributed by atoms with van der Waals surface area (Å²) in [5.41, 5.74) is 0.930. The Hall–Kier alpha value is -3.80. The number of unbranched alkanes of at least 4 members (excludes halogenated alkanes) is 3. The van der Waals surface area contributed by atoms with Crippen LogP contribution in [0.15, 0.2) is 64.7 Å². The van der Waals surface area contributed by atoms with Gasteiger partial charge < -0.3 is 9.32 Å². The number of nitrogens with one attached hydrogen (secondary N) is 1. The van der Waals surface area contributed by atoms with E-state index in [-0.39, 0.29) is 4.90 Å². The Morgan fingerprint density at radius 1 is 1.05 bits per heavy atom.